The number of nitrogens with zero attached hydrogens (tertiary/aromatic N) is 4. The average molecular weight is 613 g/mol. The third-order valence-corrected chi connectivity index (χ3v) is 10.9. The number of carbonyl (C=O) groups excluding carboxylic acids is 1. The number of thiazole rings is 1. The summed E-state index contributed by atoms with van der Waals surface area (Å²) >= 11 is 1.76. The van der Waals surface area contributed by atoms with Crippen molar-refractivity contribution in [2.45, 2.75) is 82.5 Å². The number of nitriles is 1. The molecule has 0 bridgehead atoms. The Labute approximate surface area is 263 Å². The highest BCUT2D eigenvalue weighted by atomic mass is 32.1. The second-order valence-electron chi connectivity index (χ2n) is 12.8. The largest absolute Gasteiger partial charge is 0.494 e. The van der Waals surface area contributed by atoms with Gasteiger partial charge >= 0.3 is 5.97 Å². The average Bonchev–Trinajstić information content (AvgIpc) is 3.79. The third-order valence-electron chi connectivity index (χ3n) is 9.73. The molecule has 0 saturated heterocycles. The Morgan fingerprint density at radius 1 is 1.00 bits per heavy atom. The molecular weight excluding hydrogens is 572 g/mol. The van der Waals surface area contributed by atoms with Crippen LogP contribution in [-0.4, -0.2) is 40.6 Å². The minimum Gasteiger partial charge on any atom is -0.494 e. The summed E-state index contributed by atoms with van der Waals surface area (Å²) in [4.78, 5) is 37.9. The van der Waals surface area contributed by atoms with Gasteiger partial charge in [-0.1, -0.05) is 12.1 Å². The number of hydrogen-bond donors (Lipinski definition) is 1. The summed E-state index contributed by atoms with van der Waals surface area (Å²) < 4.78 is 5.28. The van der Waals surface area contributed by atoms with Gasteiger partial charge in [-0.3, -0.25) is 9.59 Å². The number of carbonyl (C=O) groups is 2. The Kier molecular flexibility index (Phi) is 9.27. The fourth-order valence-corrected chi connectivity index (χ4v) is 8.09. The van der Waals surface area contributed by atoms with E-state index >= 15 is 0 Å². The molecule has 3 aromatic rings. The summed E-state index contributed by atoms with van der Waals surface area (Å²) in [6.45, 7) is 0.666. The van der Waals surface area contributed by atoms with E-state index in [-0.39, 0.29) is 30.1 Å². The van der Waals surface area contributed by atoms with Crippen molar-refractivity contribution in [3.05, 3.63) is 59.0 Å². The third kappa shape index (κ3) is 6.96. The van der Waals surface area contributed by atoms with E-state index in [1.54, 1.807) is 18.4 Å². The fourth-order valence-electron chi connectivity index (χ4n) is 7.00. The lowest BCUT2D eigenvalue weighted by molar-refractivity contribution is -0.138. The molecule has 9 heteroatoms. The summed E-state index contributed by atoms with van der Waals surface area (Å²) in [5.41, 5.74) is 3.29. The first-order valence-electron chi connectivity index (χ1n) is 16.0. The first kappa shape index (κ1) is 30.3. The maximum Gasteiger partial charge on any atom is 0.303 e. The number of rotatable bonds is 10. The van der Waals surface area contributed by atoms with E-state index in [4.69, 9.17) is 4.74 Å². The zero-order chi connectivity index (χ0) is 30.6. The number of carboxylic acid groups (broad SMARTS) is 1. The summed E-state index contributed by atoms with van der Waals surface area (Å²) in [7, 11) is 1.55. The number of benzene rings is 1. The Hall–Kier alpha value is -3.77. The van der Waals surface area contributed by atoms with E-state index < -0.39 is 5.97 Å². The molecule has 3 fully saturated rings. The van der Waals surface area contributed by atoms with Crippen molar-refractivity contribution in [3.63, 3.8) is 0 Å². The highest BCUT2D eigenvalue weighted by Crippen LogP contribution is 2.44. The molecule has 0 unspecified atom stereocenters. The van der Waals surface area contributed by atoms with Crippen LogP contribution in [0.5, 0.6) is 5.75 Å². The number of amides is 1. The number of methoxy groups -OCH3 is 1. The lowest BCUT2D eigenvalue weighted by atomic mass is 9.78. The molecule has 8 nitrogen and oxygen atoms in total. The standard InChI is InChI=1S/C35H40N4O4S/c1-43-31-16-15-29(38-30(31)19-36)24-9-7-23(8-10-24)21-39(35(42)26-11-5-22(6-12-26)17-33(40)41)28-4-2-3-27(18-28)32-20-37-34(44-32)25-13-14-25/h2-4,15-16,18,20,22-26H,5-14,17,21H2,1H3,(H,40,41)/t22-,23-,24-,26-. The van der Waals surface area contributed by atoms with Crippen LogP contribution in [0.2, 0.25) is 0 Å². The van der Waals surface area contributed by atoms with Crippen LogP contribution in [-0.2, 0) is 9.59 Å². The van der Waals surface area contributed by atoms with Gasteiger partial charge in [0.05, 0.1) is 17.0 Å². The second kappa shape index (κ2) is 13.5. The smallest absolute Gasteiger partial charge is 0.303 e. The molecule has 2 aromatic heterocycles. The van der Waals surface area contributed by atoms with Crippen molar-refractivity contribution in [3.8, 4) is 22.3 Å². The van der Waals surface area contributed by atoms with Gasteiger partial charge in [0.25, 0.3) is 0 Å². The van der Waals surface area contributed by atoms with E-state index in [0.29, 0.717) is 29.8 Å². The van der Waals surface area contributed by atoms with E-state index in [2.05, 4.69) is 34.2 Å². The summed E-state index contributed by atoms with van der Waals surface area (Å²) in [6, 6.07) is 14.3. The number of aliphatic carboxylic acids is 1. The van der Waals surface area contributed by atoms with Gasteiger partial charge in [-0.2, -0.15) is 5.26 Å². The van der Waals surface area contributed by atoms with Crippen LogP contribution in [0.3, 0.4) is 0 Å². The van der Waals surface area contributed by atoms with Crippen LogP contribution < -0.4 is 9.64 Å². The van der Waals surface area contributed by atoms with E-state index in [1.807, 2.05) is 29.3 Å². The number of anilines is 1. The van der Waals surface area contributed by atoms with Crippen molar-refractivity contribution in [1.29, 1.82) is 5.26 Å². The SMILES string of the molecule is COc1ccc([C@H]2CC[C@H](CN(c3cccc(-c4cnc(C5CC5)s4)c3)C(=O)[C@H]3CC[C@H](CC(=O)O)CC3)CC2)nc1C#N. The highest BCUT2D eigenvalue weighted by Gasteiger charge is 2.34. The normalized spacial score (nSPS) is 23.5. The molecule has 230 valence electrons. The zero-order valence-electron chi connectivity index (χ0n) is 25.3. The molecule has 1 aromatic carbocycles. The van der Waals surface area contributed by atoms with Crippen molar-refractivity contribution in [2.24, 2.45) is 17.8 Å². The van der Waals surface area contributed by atoms with Crippen LogP contribution in [0.4, 0.5) is 5.69 Å². The minimum absolute atomic E-state index is 0.0854. The number of ether oxygens (including phenoxy) is 1. The van der Waals surface area contributed by atoms with Gasteiger partial charge in [-0.05, 0) is 106 Å². The van der Waals surface area contributed by atoms with E-state index in [0.717, 1.165) is 73.2 Å². The lowest BCUT2D eigenvalue weighted by Gasteiger charge is -2.36. The van der Waals surface area contributed by atoms with Crippen LogP contribution >= 0.6 is 11.3 Å². The molecule has 0 atom stereocenters. The molecule has 0 spiro atoms. The highest BCUT2D eigenvalue weighted by molar-refractivity contribution is 7.15. The number of carboxylic acids is 1. The number of pyridine rings is 1. The van der Waals surface area contributed by atoms with Crippen LogP contribution in [0.25, 0.3) is 10.4 Å². The maximum atomic E-state index is 14.2. The van der Waals surface area contributed by atoms with E-state index in [1.165, 1.54) is 17.8 Å². The van der Waals surface area contributed by atoms with Gasteiger partial charge in [-0.15, -0.1) is 11.3 Å². The molecule has 3 aliphatic carbocycles. The molecule has 44 heavy (non-hydrogen) atoms. The topological polar surface area (TPSA) is 116 Å². The number of aromatic nitrogens is 2. The molecule has 1 N–H and O–H groups in total. The van der Waals surface area contributed by atoms with Gasteiger partial charge in [0.1, 0.15) is 6.07 Å². The molecule has 2 heterocycles. The summed E-state index contributed by atoms with van der Waals surface area (Å²) in [5.74, 6) is 1.24. The van der Waals surface area contributed by atoms with Gasteiger partial charge in [0, 0.05) is 48.3 Å². The Balaban J connectivity index is 1.18. The molecule has 0 radical (unpaired) electrons. The first-order valence-corrected chi connectivity index (χ1v) is 16.8. The van der Waals surface area contributed by atoms with Crippen LogP contribution in [0, 0.1) is 29.1 Å². The monoisotopic (exact) mass is 612 g/mol. The fraction of sp³-hybridized carbons (Fsp3) is 0.514. The quantitative estimate of drug-likeness (QED) is 0.251. The van der Waals surface area contributed by atoms with Crippen molar-refractivity contribution in [1.82, 2.24) is 9.97 Å². The number of hydrogen-bond acceptors (Lipinski definition) is 7. The minimum atomic E-state index is -0.754. The Morgan fingerprint density at radius 2 is 1.73 bits per heavy atom. The molecule has 1 amide bonds. The summed E-state index contributed by atoms with van der Waals surface area (Å²) in [5, 5.41) is 20.0. The molecular formula is C35H40N4O4S. The molecule has 3 aliphatic rings. The Bertz CT molecular complexity index is 1530. The van der Waals surface area contributed by atoms with Crippen LogP contribution in [0.1, 0.15) is 98.9 Å². The molecule has 3 saturated carbocycles. The van der Waals surface area contributed by atoms with Gasteiger partial charge in [-0.25, -0.2) is 9.97 Å². The Morgan fingerprint density at radius 3 is 2.41 bits per heavy atom. The van der Waals surface area contributed by atoms with Crippen molar-refractivity contribution in [2.75, 3.05) is 18.6 Å². The van der Waals surface area contributed by atoms with Crippen LogP contribution in [0.15, 0.2) is 42.6 Å². The molecule has 0 aliphatic heterocycles. The van der Waals surface area contributed by atoms with Crippen molar-refractivity contribution < 1.29 is 19.4 Å². The second-order valence-corrected chi connectivity index (χ2v) is 13.8. The van der Waals surface area contributed by atoms with Gasteiger partial charge in [0.2, 0.25) is 5.91 Å². The predicted molar refractivity (Wildman–Crippen MR) is 170 cm³/mol. The first-order chi connectivity index (χ1) is 21.4. The van der Waals surface area contributed by atoms with Crippen molar-refractivity contribution >= 4 is 28.9 Å². The van der Waals surface area contributed by atoms with E-state index in [9.17, 15) is 20.0 Å². The zero-order valence-corrected chi connectivity index (χ0v) is 26.1. The lowest BCUT2D eigenvalue weighted by Crippen LogP contribution is -2.41. The van der Waals surface area contributed by atoms with Gasteiger partial charge < -0.3 is 14.7 Å². The molecule has 6 rings (SSSR count). The summed E-state index contributed by atoms with van der Waals surface area (Å²) in [6.07, 6.45) is 11.5. The van der Waals surface area contributed by atoms with Gasteiger partial charge in [0.15, 0.2) is 11.4 Å². The predicted octanol–water partition coefficient (Wildman–Crippen LogP) is 7.55. The maximum absolute atomic E-state index is 14.2.